The summed E-state index contributed by atoms with van der Waals surface area (Å²) in [4.78, 5) is 13.7. The first kappa shape index (κ1) is 15.0. The van der Waals surface area contributed by atoms with E-state index < -0.39 is 6.10 Å². The van der Waals surface area contributed by atoms with E-state index in [9.17, 15) is 9.90 Å². The van der Waals surface area contributed by atoms with E-state index in [2.05, 4.69) is 32.9 Å². The summed E-state index contributed by atoms with van der Waals surface area (Å²) in [6.07, 6.45) is 1.08. The third kappa shape index (κ3) is 3.40. The van der Waals surface area contributed by atoms with Crippen LogP contribution in [0.2, 0.25) is 0 Å². The summed E-state index contributed by atoms with van der Waals surface area (Å²) in [5, 5.41) is 10.3. The molecule has 1 aliphatic rings. The van der Waals surface area contributed by atoms with Crippen molar-refractivity contribution in [1.29, 1.82) is 0 Å². The van der Waals surface area contributed by atoms with Gasteiger partial charge in [0.1, 0.15) is 0 Å². The Hall–Kier alpha value is -1.35. The summed E-state index contributed by atoms with van der Waals surface area (Å²) in [7, 11) is 0. The standard InChI is InChI=1S/C17H25NO2/c1-4-13-9-17(20)18(10-13)11-16(19)15-7-5-14(6-8-15)12(2)3/h5-8,12-13,16,19H,4,9-11H2,1-3H3. The number of likely N-dealkylation sites (tertiary alicyclic amines) is 1. The number of carbonyl (C=O) groups excluding carboxylic acids is 1. The summed E-state index contributed by atoms with van der Waals surface area (Å²) in [6, 6.07) is 8.06. The van der Waals surface area contributed by atoms with Crippen molar-refractivity contribution in [2.75, 3.05) is 13.1 Å². The molecule has 1 fully saturated rings. The Morgan fingerprint density at radius 2 is 1.85 bits per heavy atom. The molecule has 3 heteroatoms. The molecular weight excluding hydrogens is 250 g/mol. The third-order valence-corrected chi connectivity index (χ3v) is 4.25. The van der Waals surface area contributed by atoms with Gasteiger partial charge in [-0.3, -0.25) is 4.79 Å². The summed E-state index contributed by atoms with van der Waals surface area (Å²) in [5.41, 5.74) is 2.16. The fourth-order valence-electron chi connectivity index (χ4n) is 2.72. The molecule has 3 nitrogen and oxygen atoms in total. The minimum atomic E-state index is -0.587. The molecule has 2 atom stereocenters. The quantitative estimate of drug-likeness (QED) is 0.897. The van der Waals surface area contributed by atoms with Crippen molar-refractivity contribution in [1.82, 2.24) is 4.90 Å². The monoisotopic (exact) mass is 275 g/mol. The molecule has 110 valence electrons. The van der Waals surface area contributed by atoms with Gasteiger partial charge < -0.3 is 10.0 Å². The van der Waals surface area contributed by atoms with Gasteiger partial charge in [0.25, 0.3) is 0 Å². The number of rotatable bonds is 5. The second-order valence-electron chi connectivity index (χ2n) is 6.11. The lowest BCUT2D eigenvalue weighted by atomic mass is 10.00. The Morgan fingerprint density at radius 3 is 2.35 bits per heavy atom. The van der Waals surface area contributed by atoms with Gasteiger partial charge in [0.2, 0.25) is 5.91 Å². The molecule has 20 heavy (non-hydrogen) atoms. The second kappa shape index (κ2) is 6.40. The van der Waals surface area contributed by atoms with Crippen LogP contribution >= 0.6 is 0 Å². The zero-order valence-electron chi connectivity index (χ0n) is 12.7. The van der Waals surface area contributed by atoms with Crippen LogP contribution in [0.15, 0.2) is 24.3 Å². The van der Waals surface area contributed by atoms with Gasteiger partial charge in [0, 0.05) is 13.0 Å². The molecule has 1 saturated heterocycles. The van der Waals surface area contributed by atoms with E-state index >= 15 is 0 Å². The van der Waals surface area contributed by atoms with E-state index in [4.69, 9.17) is 0 Å². The van der Waals surface area contributed by atoms with Gasteiger partial charge >= 0.3 is 0 Å². The van der Waals surface area contributed by atoms with Crippen LogP contribution < -0.4 is 0 Å². The van der Waals surface area contributed by atoms with Crippen LogP contribution in [0, 0.1) is 5.92 Å². The highest BCUT2D eigenvalue weighted by atomic mass is 16.3. The van der Waals surface area contributed by atoms with Crippen LogP contribution in [0.5, 0.6) is 0 Å². The van der Waals surface area contributed by atoms with E-state index in [-0.39, 0.29) is 5.91 Å². The summed E-state index contributed by atoms with van der Waals surface area (Å²) in [5.74, 6) is 1.12. The largest absolute Gasteiger partial charge is 0.387 e. The summed E-state index contributed by atoms with van der Waals surface area (Å²) < 4.78 is 0. The van der Waals surface area contributed by atoms with Crippen LogP contribution in [0.3, 0.4) is 0 Å². The highest BCUT2D eigenvalue weighted by Gasteiger charge is 2.29. The lowest BCUT2D eigenvalue weighted by Gasteiger charge is -2.21. The summed E-state index contributed by atoms with van der Waals surface area (Å²) >= 11 is 0. The average molecular weight is 275 g/mol. The predicted molar refractivity (Wildman–Crippen MR) is 80.5 cm³/mol. The maximum Gasteiger partial charge on any atom is 0.223 e. The first-order valence-electron chi connectivity index (χ1n) is 7.57. The normalized spacial score (nSPS) is 20.8. The smallest absolute Gasteiger partial charge is 0.223 e. The van der Waals surface area contributed by atoms with Crippen LogP contribution in [0.25, 0.3) is 0 Å². The van der Waals surface area contributed by atoms with Crippen LogP contribution in [-0.2, 0) is 4.79 Å². The van der Waals surface area contributed by atoms with E-state index in [1.807, 2.05) is 12.1 Å². The molecule has 0 aromatic heterocycles. The molecule has 0 bridgehead atoms. The van der Waals surface area contributed by atoms with Crippen molar-refractivity contribution in [2.24, 2.45) is 5.92 Å². The molecule has 2 rings (SSSR count). The number of aliphatic hydroxyl groups is 1. The van der Waals surface area contributed by atoms with Gasteiger partial charge in [-0.2, -0.15) is 0 Å². The molecule has 1 aromatic rings. The number of amides is 1. The Bertz CT molecular complexity index is 453. The second-order valence-corrected chi connectivity index (χ2v) is 6.11. The zero-order valence-corrected chi connectivity index (χ0v) is 12.7. The van der Waals surface area contributed by atoms with Crippen LogP contribution in [0.4, 0.5) is 0 Å². The highest BCUT2D eigenvalue weighted by Crippen LogP contribution is 2.24. The Balaban J connectivity index is 1.98. The van der Waals surface area contributed by atoms with Crippen molar-refractivity contribution in [3.8, 4) is 0 Å². The number of hydrogen-bond acceptors (Lipinski definition) is 2. The number of hydrogen-bond donors (Lipinski definition) is 1. The SMILES string of the molecule is CCC1CC(=O)N(CC(O)c2ccc(C(C)C)cc2)C1. The van der Waals surface area contributed by atoms with Crippen molar-refractivity contribution >= 4 is 5.91 Å². The Kier molecular flexibility index (Phi) is 4.81. The lowest BCUT2D eigenvalue weighted by Crippen LogP contribution is -2.30. The minimum absolute atomic E-state index is 0.176. The molecule has 2 unspecified atom stereocenters. The molecule has 1 heterocycles. The Morgan fingerprint density at radius 1 is 1.25 bits per heavy atom. The van der Waals surface area contributed by atoms with Crippen molar-refractivity contribution < 1.29 is 9.90 Å². The highest BCUT2D eigenvalue weighted by molar-refractivity contribution is 5.78. The van der Waals surface area contributed by atoms with Crippen molar-refractivity contribution in [3.05, 3.63) is 35.4 Å². The van der Waals surface area contributed by atoms with Crippen LogP contribution in [0.1, 0.15) is 56.8 Å². The number of nitrogens with zero attached hydrogens (tertiary/aromatic N) is 1. The number of β-amino-alcohol motifs (C(OH)–C–C–N with tert-alkyl or cyclic N) is 1. The zero-order chi connectivity index (χ0) is 14.7. The van der Waals surface area contributed by atoms with Gasteiger partial charge in [0.05, 0.1) is 12.6 Å². The topological polar surface area (TPSA) is 40.5 Å². The molecule has 1 aromatic carbocycles. The minimum Gasteiger partial charge on any atom is -0.387 e. The summed E-state index contributed by atoms with van der Waals surface area (Å²) in [6.45, 7) is 7.62. The number of carbonyl (C=O) groups is 1. The maximum absolute atomic E-state index is 11.9. The molecule has 0 saturated carbocycles. The van der Waals surface area contributed by atoms with Gasteiger partial charge in [-0.15, -0.1) is 0 Å². The van der Waals surface area contributed by atoms with E-state index in [1.165, 1.54) is 5.56 Å². The van der Waals surface area contributed by atoms with Crippen LogP contribution in [-0.4, -0.2) is 29.0 Å². The third-order valence-electron chi connectivity index (χ3n) is 4.25. The molecule has 1 N–H and O–H groups in total. The average Bonchev–Trinajstić information content (AvgIpc) is 2.79. The van der Waals surface area contributed by atoms with Gasteiger partial charge in [-0.1, -0.05) is 51.5 Å². The number of benzene rings is 1. The van der Waals surface area contributed by atoms with E-state index in [0.717, 1.165) is 18.5 Å². The fourth-order valence-corrected chi connectivity index (χ4v) is 2.72. The van der Waals surface area contributed by atoms with Gasteiger partial charge in [-0.25, -0.2) is 0 Å². The van der Waals surface area contributed by atoms with Gasteiger partial charge in [0.15, 0.2) is 0 Å². The molecule has 0 aliphatic carbocycles. The number of aliphatic hydroxyl groups excluding tert-OH is 1. The predicted octanol–water partition coefficient (Wildman–Crippen LogP) is 3.10. The molecule has 1 amide bonds. The van der Waals surface area contributed by atoms with Crippen molar-refractivity contribution in [3.63, 3.8) is 0 Å². The van der Waals surface area contributed by atoms with E-state index in [1.54, 1.807) is 4.90 Å². The molecule has 0 spiro atoms. The lowest BCUT2D eigenvalue weighted by molar-refractivity contribution is -0.129. The maximum atomic E-state index is 11.9. The first-order valence-corrected chi connectivity index (χ1v) is 7.57. The van der Waals surface area contributed by atoms with Gasteiger partial charge in [-0.05, 0) is 23.0 Å². The van der Waals surface area contributed by atoms with E-state index in [0.29, 0.717) is 24.8 Å². The molecule has 1 aliphatic heterocycles. The molecular formula is C17H25NO2. The van der Waals surface area contributed by atoms with Crippen molar-refractivity contribution in [2.45, 2.75) is 45.6 Å². The first-order chi connectivity index (χ1) is 9.51. The molecule has 0 radical (unpaired) electrons. The fraction of sp³-hybridized carbons (Fsp3) is 0.588. The Labute approximate surface area is 121 Å².